The molecule has 0 aromatic heterocycles. The summed E-state index contributed by atoms with van der Waals surface area (Å²) in [6.07, 6.45) is 1.20. The van der Waals surface area contributed by atoms with Crippen LogP contribution in [0.4, 0.5) is 4.39 Å². The van der Waals surface area contributed by atoms with Crippen molar-refractivity contribution in [3.63, 3.8) is 0 Å². The monoisotopic (exact) mass is 230 g/mol. The van der Waals surface area contributed by atoms with Crippen molar-refractivity contribution in [3.8, 4) is 5.75 Å². The smallest absolute Gasteiger partial charge is 0.132 e. The first kappa shape index (κ1) is 12.3. The maximum atomic E-state index is 13.4. The highest BCUT2D eigenvalue weighted by molar-refractivity contribution is 7.98. The fourth-order valence-electron chi connectivity index (χ4n) is 1.18. The van der Waals surface area contributed by atoms with Crippen LogP contribution in [0.3, 0.4) is 0 Å². The molecule has 0 saturated carbocycles. The van der Waals surface area contributed by atoms with E-state index in [1.807, 2.05) is 6.26 Å². The topological polar surface area (TPSA) is 29.5 Å². The minimum absolute atomic E-state index is 0.298. The van der Waals surface area contributed by atoms with Gasteiger partial charge in [-0.3, -0.25) is 0 Å². The predicted molar refractivity (Wildman–Crippen MR) is 60.9 cm³/mol. The van der Waals surface area contributed by atoms with Crippen molar-refractivity contribution in [2.45, 2.75) is 13.0 Å². The van der Waals surface area contributed by atoms with Crippen LogP contribution >= 0.6 is 11.8 Å². The Hall–Kier alpha value is -0.740. The maximum absolute atomic E-state index is 13.4. The van der Waals surface area contributed by atoms with E-state index >= 15 is 0 Å². The van der Waals surface area contributed by atoms with Gasteiger partial charge in [0.25, 0.3) is 0 Å². The van der Waals surface area contributed by atoms with Crippen LogP contribution in [0.2, 0.25) is 0 Å². The van der Waals surface area contributed by atoms with Gasteiger partial charge >= 0.3 is 0 Å². The van der Waals surface area contributed by atoms with E-state index in [0.717, 1.165) is 5.75 Å². The van der Waals surface area contributed by atoms with E-state index in [1.165, 1.54) is 13.0 Å². The summed E-state index contributed by atoms with van der Waals surface area (Å²) >= 11 is 1.67. The van der Waals surface area contributed by atoms with E-state index < -0.39 is 11.9 Å². The van der Waals surface area contributed by atoms with E-state index in [0.29, 0.717) is 17.9 Å². The molecular weight excluding hydrogens is 215 g/mol. The number of rotatable bonds is 5. The van der Waals surface area contributed by atoms with Gasteiger partial charge in [-0.25, -0.2) is 4.39 Å². The number of thioether (sulfide) groups is 1. The van der Waals surface area contributed by atoms with Crippen molar-refractivity contribution in [1.82, 2.24) is 0 Å². The van der Waals surface area contributed by atoms with E-state index in [4.69, 9.17) is 4.74 Å². The third kappa shape index (κ3) is 3.72. The van der Waals surface area contributed by atoms with Gasteiger partial charge in [0, 0.05) is 17.4 Å². The highest BCUT2D eigenvalue weighted by Gasteiger charge is 2.08. The Kier molecular flexibility index (Phi) is 4.91. The molecule has 0 saturated heterocycles. The molecule has 15 heavy (non-hydrogen) atoms. The second-order valence-electron chi connectivity index (χ2n) is 3.20. The first-order valence-corrected chi connectivity index (χ1v) is 6.13. The number of hydrogen-bond donors (Lipinski definition) is 1. The van der Waals surface area contributed by atoms with E-state index in [2.05, 4.69) is 0 Å². The normalized spacial score (nSPS) is 12.5. The van der Waals surface area contributed by atoms with Gasteiger partial charge < -0.3 is 9.84 Å². The van der Waals surface area contributed by atoms with Crippen LogP contribution in [-0.4, -0.2) is 23.7 Å². The molecule has 1 rings (SSSR count). The average Bonchev–Trinajstić information content (AvgIpc) is 2.17. The van der Waals surface area contributed by atoms with Crippen molar-refractivity contribution < 1.29 is 14.2 Å². The van der Waals surface area contributed by atoms with E-state index in [9.17, 15) is 9.50 Å². The standard InChI is InChI=1S/C11H15FO2S/c1-8(13)10-4-3-9(7-11(10)12)14-5-6-15-2/h3-4,7-8,13H,5-6H2,1-2H3/t8-/m1/s1. The molecule has 1 aromatic carbocycles. The zero-order valence-corrected chi connectivity index (χ0v) is 9.68. The lowest BCUT2D eigenvalue weighted by Gasteiger charge is -2.09. The van der Waals surface area contributed by atoms with E-state index in [1.54, 1.807) is 23.9 Å². The number of aliphatic hydroxyl groups excluding tert-OH is 1. The summed E-state index contributed by atoms with van der Waals surface area (Å²) in [5.74, 6) is 0.956. The summed E-state index contributed by atoms with van der Waals surface area (Å²) in [6, 6.07) is 4.53. The van der Waals surface area contributed by atoms with Crippen LogP contribution < -0.4 is 4.74 Å². The molecule has 0 aliphatic rings. The van der Waals surface area contributed by atoms with Crippen LogP contribution in [-0.2, 0) is 0 Å². The lowest BCUT2D eigenvalue weighted by molar-refractivity contribution is 0.194. The quantitative estimate of drug-likeness (QED) is 0.788. The summed E-state index contributed by atoms with van der Waals surface area (Å²) < 4.78 is 18.7. The lowest BCUT2D eigenvalue weighted by atomic mass is 10.1. The summed E-state index contributed by atoms with van der Waals surface area (Å²) in [5, 5.41) is 9.23. The Labute approximate surface area is 93.5 Å². The van der Waals surface area contributed by atoms with Crippen molar-refractivity contribution in [2.75, 3.05) is 18.6 Å². The van der Waals surface area contributed by atoms with Crippen molar-refractivity contribution >= 4 is 11.8 Å². The molecule has 2 nitrogen and oxygen atoms in total. The molecule has 0 spiro atoms. The molecule has 0 aliphatic heterocycles. The van der Waals surface area contributed by atoms with Gasteiger partial charge in [-0.05, 0) is 25.3 Å². The van der Waals surface area contributed by atoms with Gasteiger partial charge in [-0.1, -0.05) is 0 Å². The zero-order chi connectivity index (χ0) is 11.3. The number of benzene rings is 1. The zero-order valence-electron chi connectivity index (χ0n) is 8.87. The number of ether oxygens (including phenoxy) is 1. The Morgan fingerprint density at radius 1 is 1.53 bits per heavy atom. The maximum Gasteiger partial charge on any atom is 0.132 e. The molecule has 4 heteroatoms. The van der Waals surface area contributed by atoms with Crippen LogP contribution in [0.25, 0.3) is 0 Å². The van der Waals surface area contributed by atoms with Gasteiger partial charge in [0.2, 0.25) is 0 Å². The van der Waals surface area contributed by atoms with Crippen LogP contribution in [0, 0.1) is 5.82 Å². The molecule has 0 fully saturated rings. The third-order valence-electron chi connectivity index (χ3n) is 1.98. The third-order valence-corrected chi connectivity index (χ3v) is 2.55. The van der Waals surface area contributed by atoms with Crippen molar-refractivity contribution in [1.29, 1.82) is 0 Å². The molecule has 0 heterocycles. The minimum atomic E-state index is -0.787. The minimum Gasteiger partial charge on any atom is -0.493 e. The molecule has 0 aliphatic carbocycles. The SMILES string of the molecule is CSCCOc1ccc([C@@H](C)O)c(F)c1. The van der Waals surface area contributed by atoms with Crippen molar-refractivity contribution in [3.05, 3.63) is 29.6 Å². The van der Waals surface area contributed by atoms with Gasteiger partial charge in [0.15, 0.2) is 0 Å². The first-order valence-electron chi connectivity index (χ1n) is 4.74. The predicted octanol–water partition coefficient (Wildman–Crippen LogP) is 2.62. The molecule has 0 radical (unpaired) electrons. The van der Waals surface area contributed by atoms with Crippen LogP contribution in [0.1, 0.15) is 18.6 Å². The Morgan fingerprint density at radius 2 is 2.27 bits per heavy atom. The molecule has 1 N–H and O–H groups in total. The number of halogens is 1. The summed E-state index contributed by atoms with van der Waals surface area (Å²) in [6.45, 7) is 2.10. The first-order chi connectivity index (χ1) is 7.15. The Morgan fingerprint density at radius 3 is 2.80 bits per heavy atom. The van der Waals surface area contributed by atoms with Gasteiger partial charge in [-0.15, -0.1) is 0 Å². The lowest BCUT2D eigenvalue weighted by Crippen LogP contribution is -2.01. The Bertz CT molecular complexity index is 315. The number of hydrogen-bond acceptors (Lipinski definition) is 3. The van der Waals surface area contributed by atoms with Gasteiger partial charge in [0.05, 0.1) is 12.7 Å². The fraction of sp³-hybridized carbons (Fsp3) is 0.455. The number of aliphatic hydroxyl groups is 1. The molecular formula is C11H15FO2S. The highest BCUT2D eigenvalue weighted by Crippen LogP contribution is 2.21. The van der Waals surface area contributed by atoms with E-state index in [-0.39, 0.29) is 0 Å². The molecule has 0 bridgehead atoms. The molecule has 1 aromatic rings. The molecule has 0 unspecified atom stereocenters. The molecule has 84 valence electrons. The summed E-state index contributed by atoms with van der Waals surface area (Å²) in [4.78, 5) is 0. The van der Waals surface area contributed by atoms with Crippen LogP contribution in [0.15, 0.2) is 18.2 Å². The summed E-state index contributed by atoms with van der Waals surface area (Å²) in [5.41, 5.74) is 0.298. The summed E-state index contributed by atoms with van der Waals surface area (Å²) in [7, 11) is 0. The van der Waals surface area contributed by atoms with Gasteiger partial charge in [-0.2, -0.15) is 11.8 Å². The van der Waals surface area contributed by atoms with Crippen LogP contribution in [0.5, 0.6) is 5.75 Å². The second kappa shape index (κ2) is 5.98. The molecule has 1 atom stereocenters. The largest absolute Gasteiger partial charge is 0.493 e. The van der Waals surface area contributed by atoms with Crippen molar-refractivity contribution in [2.24, 2.45) is 0 Å². The van der Waals surface area contributed by atoms with Gasteiger partial charge in [0.1, 0.15) is 11.6 Å². The fourth-order valence-corrected chi connectivity index (χ4v) is 1.43. The molecule has 0 amide bonds. The second-order valence-corrected chi connectivity index (χ2v) is 4.19. The highest BCUT2D eigenvalue weighted by atomic mass is 32.2. The average molecular weight is 230 g/mol. The Balaban J connectivity index is 2.65.